The van der Waals surface area contributed by atoms with E-state index >= 15 is 0 Å². The van der Waals surface area contributed by atoms with Gasteiger partial charge in [0.05, 0.1) is 16.2 Å². The van der Waals surface area contributed by atoms with Crippen LogP contribution in [-0.2, 0) is 13.0 Å². The molecule has 1 aromatic heterocycles. The number of hydrogen-bond acceptors (Lipinski definition) is 1. The first-order valence-corrected chi connectivity index (χ1v) is 5.64. The Morgan fingerprint density at radius 2 is 2.00 bits per heavy atom. The van der Waals surface area contributed by atoms with E-state index in [-0.39, 0.29) is 0 Å². The molecule has 0 aliphatic rings. The third kappa shape index (κ3) is 2.35. The van der Waals surface area contributed by atoms with Crippen molar-refractivity contribution in [2.75, 3.05) is 0 Å². The number of aryl methyl sites for hydroxylation is 2. The summed E-state index contributed by atoms with van der Waals surface area (Å²) in [5.74, 6) is 0. The van der Waals surface area contributed by atoms with Gasteiger partial charge in [0.1, 0.15) is 0 Å². The SMILES string of the molecule is Ic1cncn1CCc1ccccc1. The lowest BCUT2D eigenvalue weighted by Gasteiger charge is -2.03. The van der Waals surface area contributed by atoms with Gasteiger partial charge >= 0.3 is 0 Å². The van der Waals surface area contributed by atoms with Crippen molar-refractivity contribution in [1.29, 1.82) is 0 Å². The van der Waals surface area contributed by atoms with Crippen molar-refractivity contribution in [3.05, 3.63) is 52.1 Å². The van der Waals surface area contributed by atoms with Crippen LogP contribution >= 0.6 is 22.6 Å². The molecule has 3 heteroatoms. The number of rotatable bonds is 3. The Morgan fingerprint density at radius 3 is 2.64 bits per heavy atom. The molecular weight excluding hydrogens is 287 g/mol. The highest BCUT2D eigenvalue weighted by molar-refractivity contribution is 14.1. The fraction of sp³-hybridized carbons (Fsp3) is 0.182. The van der Waals surface area contributed by atoms with E-state index in [1.807, 2.05) is 18.6 Å². The van der Waals surface area contributed by atoms with Gasteiger partial charge in [-0.05, 0) is 34.6 Å². The van der Waals surface area contributed by atoms with Crippen LogP contribution in [0.1, 0.15) is 5.56 Å². The van der Waals surface area contributed by atoms with Crippen LogP contribution in [0.5, 0.6) is 0 Å². The Bertz CT molecular complexity index is 395. The van der Waals surface area contributed by atoms with Gasteiger partial charge in [-0.15, -0.1) is 0 Å². The summed E-state index contributed by atoms with van der Waals surface area (Å²) in [5, 5.41) is 0. The number of imidazole rings is 1. The van der Waals surface area contributed by atoms with E-state index in [4.69, 9.17) is 0 Å². The van der Waals surface area contributed by atoms with Crippen LogP contribution < -0.4 is 0 Å². The van der Waals surface area contributed by atoms with Gasteiger partial charge < -0.3 is 4.57 Å². The molecule has 1 aromatic carbocycles. The highest BCUT2D eigenvalue weighted by atomic mass is 127. The third-order valence-electron chi connectivity index (χ3n) is 2.15. The lowest BCUT2D eigenvalue weighted by atomic mass is 10.1. The molecule has 0 atom stereocenters. The van der Waals surface area contributed by atoms with Crippen molar-refractivity contribution < 1.29 is 0 Å². The molecule has 0 aliphatic carbocycles. The smallest absolute Gasteiger partial charge is 0.0995 e. The Morgan fingerprint density at radius 1 is 1.21 bits per heavy atom. The minimum atomic E-state index is 1.00. The van der Waals surface area contributed by atoms with Crippen LogP contribution in [0.15, 0.2) is 42.9 Å². The summed E-state index contributed by atoms with van der Waals surface area (Å²) >= 11 is 2.30. The first-order chi connectivity index (χ1) is 6.86. The maximum absolute atomic E-state index is 4.09. The zero-order valence-corrected chi connectivity index (χ0v) is 9.89. The molecule has 1 heterocycles. The zero-order valence-electron chi connectivity index (χ0n) is 7.73. The molecular formula is C11H11IN2. The molecule has 0 spiro atoms. The summed E-state index contributed by atoms with van der Waals surface area (Å²) in [5.41, 5.74) is 1.37. The minimum Gasteiger partial charge on any atom is -0.326 e. The van der Waals surface area contributed by atoms with Crippen LogP contribution in [0.4, 0.5) is 0 Å². The van der Waals surface area contributed by atoms with Crippen LogP contribution in [0.25, 0.3) is 0 Å². The highest BCUT2D eigenvalue weighted by Crippen LogP contribution is 2.06. The van der Waals surface area contributed by atoms with Gasteiger partial charge in [-0.3, -0.25) is 0 Å². The molecule has 2 rings (SSSR count). The van der Waals surface area contributed by atoms with E-state index in [1.54, 1.807) is 0 Å². The fourth-order valence-electron chi connectivity index (χ4n) is 1.36. The van der Waals surface area contributed by atoms with Gasteiger partial charge in [0, 0.05) is 6.54 Å². The lowest BCUT2D eigenvalue weighted by Crippen LogP contribution is -2.01. The lowest BCUT2D eigenvalue weighted by molar-refractivity contribution is 0.682. The fourth-order valence-corrected chi connectivity index (χ4v) is 1.89. The molecule has 0 aliphatic heterocycles. The van der Waals surface area contributed by atoms with Gasteiger partial charge in [0.25, 0.3) is 0 Å². The Labute approximate surface area is 97.1 Å². The second-order valence-corrected chi connectivity index (χ2v) is 4.25. The molecule has 2 aromatic rings. The summed E-state index contributed by atoms with van der Waals surface area (Å²) < 4.78 is 3.35. The summed E-state index contributed by atoms with van der Waals surface area (Å²) in [6.45, 7) is 1.00. The zero-order chi connectivity index (χ0) is 9.80. The van der Waals surface area contributed by atoms with Gasteiger partial charge in [0.2, 0.25) is 0 Å². The van der Waals surface area contributed by atoms with Crippen LogP contribution in [0.3, 0.4) is 0 Å². The minimum absolute atomic E-state index is 1.00. The molecule has 0 saturated carbocycles. The van der Waals surface area contributed by atoms with Crippen molar-refractivity contribution in [2.24, 2.45) is 0 Å². The Kier molecular flexibility index (Phi) is 3.18. The first kappa shape index (κ1) is 9.71. The van der Waals surface area contributed by atoms with Gasteiger partial charge in [-0.2, -0.15) is 0 Å². The van der Waals surface area contributed by atoms with E-state index in [0.717, 1.165) is 13.0 Å². The van der Waals surface area contributed by atoms with Crippen molar-refractivity contribution in [3.63, 3.8) is 0 Å². The average Bonchev–Trinajstić information content (AvgIpc) is 2.63. The third-order valence-corrected chi connectivity index (χ3v) is 3.04. The Hall–Kier alpha value is -0.840. The standard InChI is InChI=1S/C11H11IN2/c12-11-8-13-9-14(11)7-6-10-4-2-1-3-5-10/h1-5,8-9H,6-7H2. The summed E-state index contributed by atoms with van der Waals surface area (Å²) in [7, 11) is 0. The summed E-state index contributed by atoms with van der Waals surface area (Å²) in [6.07, 6.45) is 4.82. The number of nitrogens with zero attached hydrogens (tertiary/aromatic N) is 2. The molecule has 0 radical (unpaired) electrons. The van der Waals surface area contributed by atoms with Crippen LogP contribution in [0.2, 0.25) is 0 Å². The normalized spacial score (nSPS) is 10.4. The number of hydrogen-bond donors (Lipinski definition) is 0. The maximum atomic E-state index is 4.09. The van der Waals surface area contributed by atoms with Gasteiger partial charge in [-0.1, -0.05) is 30.3 Å². The molecule has 0 N–H and O–H groups in total. The van der Waals surface area contributed by atoms with Crippen LogP contribution in [-0.4, -0.2) is 9.55 Å². The monoisotopic (exact) mass is 298 g/mol. The molecule has 0 bridgehead atoms. The van der Waals surface area contributed by atoms with Gasteiger partial charge in [-0.25, -0.2) is 4.98 Å². The maximum Gasteiger partial charge on any atom is 0.0995 e. The molecule has 0 saturated heterocycles. The van der Waals surface area contributed by atoms with E-state index in [0.29, 0.717) is 0 Å². The molecule has 72 valence electrons. The van der Waals surface area contributed by atoms with Crippen molar-refractivity contribution >= 4 is 22.6 Å². The predicted molar refractivity (Wildman–Crippen MR) is 65.1 cm³/mol. The summed E-state index contributed by atoms with van der Waals surface area (Å²) in [4.78, 5) is 4.09. The largest absolute Gasteiger partial charge is 0.326 e. The average molecular weight is 298 g/mol. The van der Waals surface area contributed by atoms with E-state index < -0.39 is 0 Å². The van der Waals surface area contributed by atoms with E-state index in [1.165, 1.54) is 9.26 Å². The first-order valence-electron chi connectivity index (χ1n) is 4.56. The Balaban J connectivity index is 1.99. The molecule has 0 unspecified atom stereocenters. The molecule has 14 heavy (non-hydrogen) atoms. The van der Waals surface area contributed by atoms with E-state index in [9.17, 15) is 0 Å². The second kappa shape index (κ2) is 4.59. The topological polar surface area (TPSA) is 17.8 Å². The second-order valence-electron chi connectivity index (χ2n) is 3.15. The molecule has 0 fully saturated rings. The summed E-state index contributed by atoms with van der Waals surface area (Å²) in [6, 6.07) is 10.5. The number of aromatic nitrogens is 2. The number of benzene rings is 1. The predicted octanol–water partition coefficient (Wildman–Crippen LogP) is 2.73. The van der Waals surface area contributed by atoms with Gasteiger partial charge in [0.15, 0.2) is 0 Å². The molecule has 0 amide bonds. The molecule has 2 nitrogen and oxygen atoms in total. The van der Waals surface area contributed by atoms with Crippen molar-refractivity contribution in [2.45, 2.75) is 13.0 Å². The highest BCUT2D eigenvalue weighted by Gasteiger charge is 1.97. The quantitative estimate of drug-likeness (QED) is 0.797. The van der Waals surface area contributed by atoms with Crippen molar-refractivity contribution in [1.82, 2.24) is 9.55 Å². The number of halogens is 1. The van der Waals surface area contributed by atoms with Crippen molar-refractivity contribution in [3.8, 4) is 0 Å². The van der Waals surface area contributed by atoms with E-state index in [2.05, 4.69) is 56.4 Å². The van der Waals surface area contributed by atoms with Crippen LogP contribution in [0, 0.1) is 3.70 Å².